The van der Waals surface area contributed by atoms with Crippen LogP contribution in [-0.2, 0) is 0 Å². The Morgan fingerprint density at radius 1 is 1.12 bits per heavy atom. The minimum absolute atomic E-state index is 0.0992. The van der Waals surface area contributed by atoms with Gasteiger partial charge in [0.1, 0.15) is 5.82 Å². The van der Waals surface area contributed by atoms with E-state index in [-0.39, 0.29) is 6.03 Å². The zero-order valence-corrected chi connectivity index (χ0v) is 14.8. The molecule has 1 aliphatic heterocycles. The van der Waals surface area contributed by atoms with Crippen LogP contribution in [0, 0.1) is 6.92 Å². The lowest BCUT2D eigenvalue weighted by Crippen LogP contribution is -2.56. The molecule has 1 aliphatic carbocycles. The summed E-state index contributed by atoms with van der Waals surface area (Å²) in [6.45, 7) is 3.61. The van der Waals surface area contributed by atoms with Crippen LogP contribution in [-0.4, -0.2) is 39.6 Å². The summed E-state index contributed by atoms with van der Waals surface area (Å²) in [6, 6.07) is 11.1. The standard InChI is InChI=1S/C20H26N4O/c1-15-12-21-19(16-8-4-2-5-9-16)24(15)18-13-23(14-18)20(25)22-17-10-6-3-7-11-17/h2,4-5,8-9,12,17-18H,3,6-7,10-11,13-14H2,1H3,(H,22,25). The van der Waals surface area contributed by atoms with Crippen molar-refractivity contribution in [2.24, 2.45) is 0 Å². The third kappa shape index (κ3) is 3.28. The van der Waals surface area contributed by atoms with Crippen LogP contribution in [0.25, 0.3) is 11.4 Å². The van der Waals surface area contributed by atoms with Gasteiger partial charge in [-0.3, -0.25) is 0 Å². The summed E-state index contributed by atoms with van der Waals surface area (Å²) in [5.74, 6) is 0.996. The van der Waals surface area contributed by atoms with Crippen molar-refractivity contribution in [3.63, 3.8) is 0 Å². The number of aryl methyl sites for hydroxylation is 1. The van der Waals surface area contributed by atoms with Crippen LogP contribution in [0.4, 0.5) is 4.79 Å². The molecular weight excluding hydrogens is 312 g/mol. The zero-order chi connectivity index (χ0) is 17.2. The molecule has 0 bridgehead atoms. The molecule has 2 fully saturated rings. The predicted molar refractivity (Wildman–Crippen MR) is 98.4 cm³/mol. The summed E-state index contributed by atoms with van der Waals surface area (Å²) in [7, 11) is 0. The number of hydrogen-bond donors (Lipinski definition) is 1. The summed E-state index contributed by atoms with van der Waals surface area (Å²) in [4.78, 5) is 19.0. The Bertz CT molecular complexity index is 727. The molecule has 0 atom stereocenters. The van der Waals surface area contributed by atoms with E-state index in [0.29, 0.717) is 12.1 Å². The minimum atomic E-state index is 0.0992. The van der Waals surface area contributed by atoms with Crippen molar-refractivity contribution < 1.29 is 4.79 Å². The fourth-order valence-corrected chi connectivity index (χ4v) is 4.01. The van der Waals surface area contributed by atoms with Gasteiger partial charge in [0.05, 0.1) is 6.04 Å². The Kier molecular flexibility index (Phi) is 4.47. The summed E-state index contributed by atoms with van der Waals surface area (Å²) in [5.41, 5.74) is 2.27. The predicted octanol–water partition coefficient (Wildman–Crippen LogP) is 3.76. The maximum Gasteiger partial charge on any atom is 0.317 e. The van der Waals surface area contributed by atoms with Crippen LogP contribution in [0.15, 0.2) is 36.5 Å². The maximum atomic E-state index is 12.4. The van der Waals surface area contributed by atoms with E-state index in [9.17, 15) is 4.79 Å². The Labute approximate surface area is 149 Å². The van der Waals surface area contributed by atoms with Gasteiger partial charge in [0.25, 0.3) is 0 Å². The van der Waals surface area contributed by atoms with E-state index < -0.39 is 0 Å². The first-order valence-corrected chi connectivity index (χ1v) is 9.37. The average molecular weight is 338 g/mol. The van der Waals surface area contributed by atoms with Crippen molar-refractivity contribution in [1.82, 2.24) is 19.8 Å². The van der Waals surface area contributed by atoms with Crippen LogP contribution >= 0.6 is 0 Å². The van der Waals surface area contributed by atoms with Gasteiger partial charge >= 0.3 is 6.03 Å². The highest BCUT2D eigenvalue weighted by Crippen LogP contribution is 2.29. The van der Waals surface area contributed by atoms with E-state index in [1.54, 1.807) is 0 Å². The van der Waals surface area contributed by atoms with E-state index in [0.717, 1.165) is 43.0 Å². The number of likely N-dealkylation sites (tertiary alicyclic amines) is 1. The molecule has 1 aromatic heterocycles. The molecule has 0 unspecified atom stereocenters. The first-order valence-electron chi connectivity index (χ1n) is 9.37. The third-order valence-electron chi connectivity index (χ3n) is 5.46. The number of carbonyl (C=O) groups excluding carboxylic acids is 1. The molecular formula is C20H26N4O. The quantitative estimate of drug-likeness (QED) is 0.926. The molecule has 132 valence electrons. The average Bonchev–Trinajstić information content (AvgIpc) is 2.97. The van der Waals surface area contributed by atoms with Gasteiger partial charge in [-0.05, 0) is 19.8 Å². The highest BCUT2D eigenvalue weighted by molar-refractivity contribution is 5.75. The second-order valence-electron chi connectivity index (χ2n) is 7.30. The van der Waals surface area contributed by atoms with Crippen LogP contribution in [0.2, 0.25) is 0 Å². The molecule has 25 heavy (non-hydrogen) atoms. The molecule has 2 aliphatic rings. The number of nitrogens with zero attached hydrogens (tertiary/aromatic N) is 3. The molecule has 2 aromatic rings. The van der Waals surface area contributed by atoms with E-state index >= 15 is 0 Å². The SMILES string of the molecule is Cc1cnc(-c2ccccc2)n1C1CN(C(=O)NC2CCCCC2)C1. The smallest absolute Gasteiger partial charge is 0.317 e. The molecule has 2 amide bonds. The number of rotatable bonds is 3. The van der Waals surface area contributed by atoms with Crippen molar-refractivity contribution in [1.29, 1.82) is 0 Å². The third-order valence-corrected chi connectivity index (χ3v) is 5.46. The first-order chi connectivity index (χ1) is 12.2. The first kappa shape index (κ1) is 16.2. The van der Waals surface area contributed by atoms with Crippen molar-refractivity contribution >= 4 is 6.03 Å². The fourth-order valence-electron chi connectivity index (χ4n) is 4.01. The maximum absolute atomic E-state index is 12.4. The van der Waals surface area contributed by atoms with Crippen molar-refractivity contribution in [3.8, 4) is 11.4 Å². The van der Waals surface area contributed by atoms with E-state index in [1.165, 1.54) is 19.3 Å². The lowest BCUT2D eigenvalue weighted by molar-refractivity contribution is 0.120. The van der Waals surface area contributed by atoms with E-state index in [2.05, 4.69) is 33.9 Å². The summed E-state index contributed by atoms with van der Waals surface area (Å²) < 4.78 is 2.28. The van der Waals surface area contributed by atoms with Gasteiger partial charge in [-0.25, -0.2) is 9.78 Å². The lowest BCUT2D eigenvalue weighted by Gasteiger charge is -2.41. The highest BCUT2D eigenvalue weighted by atomic mass is 16.2. The zero-order valence-electron chi connectivity index (χ0n) is 14.8. The van der Waals surface area contributed by atoms with Gasteiger partial charge in [0.15, 0.2) is 0 Å². The van der Waals surface area contributed by atoms with Crippen LogP contribution in [0.3, 0.4) is 0 Å². The molecule has 5 nitrogen and oxygen atoms in total. The van der Waals surface area contributed by atoms with Gasteiger partial charge in [0, 0.05) is 36.6 Å². The number of urea groups is 1. The number of benzene rings is 1. The summed E-state index contributed by atoms with van der Waals surface area (Å²) in [6.07, 6.45) is 7.96. The molecule has 0 spiro atoms. The Morgan fingerprint density at radius 3 is 2.56 bits per heavy atom. The number of aromatic nitrogens is 2. The second-order valence-corrected chi connectivity index (χ2v) is 7.30. The van der Waals surface area contributed by atoms with E-state index in [1.807, 2.05) is 29.3 Å². The monoisotopic (exact) mass is 338 g/mol. The van der Waals surface area contributed by atoms with Gasteiger partial charge in [-0.1, -0.05) is 49.6 Å². The highest BCUT2D eigenvalue weighted by Gasteiger charge is 2.34. The Morgan fingerprint density at radius 2 is 1.84 bits per heavy atom. The molecule has 2 heterocycles. The van der Waals surface area contributed by atoms with Gasteiger partial charge in [-0.15, -0.1) is 0 Å². The number of carbonyl (C=O) groups is 1. The summed E-state index contributed by atoms with van der Waals surface area (Å²) >= 11 is 0. The lowest BCUT2D eigenvalue weighted by atomic mass is 9.95. The number of hydrogen-bond acceptors (Lipinski definition) is 2. The van der Waals surface area contributed by atoms with Crippen molar-refractivity contribution in [2.45, 2.75) is 51.1 Å². The van der Waals surface area contributed by atoms with Gasteiger partial charge in [0.2, 0.25) is 0 Å². The van der Waals surface area contributed by atoms with Crippen molar-refractivity contribution in [3.05, 3.63) is 42.2 Å². The second kappa shape index (κ2) is 6.90. The molecule has 1 saturated heterocycles. The number of amides is 2. The normalized spacial score (nSPS) is 18.8. The molecule has 1 aromatic carbocycles. The molecule has 1 saturated carbocycles. The molecule has 0 radical (unpaired) electrons. The van der Waals surface area contributed by atoms with E-state index in [4.69, 9.17) is 0 Å². The Hall–Kier alpha value is -2.30. The number of imidazole rings is 1. The van der Waals surface area contributed by atoms with Gasteiger partial charge in [-0.2, -0.15) is 0 Å². The van der Waals surface area contributed by atoms with Crippen LogP contribution < -0.4 is 5.32 Å². The van der Waals surface area contributed by atoms with Gasteiger partial charge < -0.3 is 14.8 Å². The largest absolute Gasteiger partial charge is 0.335 e. The topological polar surface area (TPSA) is 50.2 Å². The molecule has 1 N–H and O–H groups in total. The van der Waals surface area contributed by atoms with Crippen LogP contribution in [0.1, 0.15) is 43.8 Å². The number of nitrogens with one attached hydrogen (secondary N) is 1. The summed E-state index contributed by atoms with van der Waals surface area (Å²) in [5, 5.41) is 3.21. The Balaban J connectivity index is 1.41. The van der Waals surface area contributed by atoms with Crippen LogP contribution in [0.5, 0.6) is 0 Å². The molecule has 5 heteroatoms. The molecule has 4 rings (SSSR count). The fraction of sp³-hybridized carbons (Fsp3) is 0.500. The minimum Gasteiger partial charge on any atom is -0.335 e. The van der Waals surface area contributed by atoms with Crippen molar-refractivity contribution in [2.75, 3.05) is 13.1 Å².